The zero-order chi connectivity index (χ0) is 12.1. The van der Waals surface area contributed by atoms with Gasteiger partial charge in [-0.1, -0.05) is 18.2 Å². The molecule has 0 saturated carbocycles. The summed E-state index contributed by atoms with van der Waals surface area (Å²) in [6.07, 6.45) is 3.07. The van der Waals surface area contributed by atoms with E-state index in [1.165, 1.54) is 29.1 Å². The lowest BCUT2D eigenvalue weighted by molar-refractivity contribution is 0.182. The molecule has 1 aliphatic heterocycles. The number of benzene rings is 1. The molecule has 2 unspecified atom stereocenters. The number of thioether (sulfide) groups is 1. The van der Waals surface area contributed by atoms with Crippen LogP contribution in [0, 0.1) is 0 Å². The highest BCUT2D eigenvalue weighted by Crippen LogP contribution is 2.34. The van der Waals surface area contributed by atoms with Gasteiger partial charge < -0.3 is 10.4 Å². The van der Waals surface area contributed by atoms with E-state index in [-0.39, 0.29) is 6.10 Å². The predicted molar refractivity (Wildman–Crippen MR) is 73.4 cm³/mol. The van der Waals surface area contributed by atoms with Gasteiger partial charge in [0.15, 0.2) is 0 Å². The topological polar surface area (TPSA) is 32.3 Å². The number of hydrogen-bond acceptors (Lipinski definition) is 3. The fourth-order valence-corrected chi connectivity index (χ4v) is 3.29. The minimum absolute atomic E-state index is 0.210. The molecule has 2 N–H and O–H groups in total. The summed E-state index contributed by atoms with van der Waals surface area (Å²) in [5.41, 5.74) is 1.43. The number of hydrogen-bond donors (Lipinski definition) is 2. The van der Waals surface area contributed by atoms with Gasteiger partial charge in [0.1, 0.15) is 0 Å². The number of nitrogens with one attached hydrogen (secondary N) is 1. The zero-order valence-electron chi connectivity index (χ0n) is 10.4. The highest BCUT2D eigenvalue weighted by molar-refractivity contribution is 7.99. The Morgan fingerprint density at radius 3 is 3.12 bits per heavy atom. The van der Waals surface area contributed by atoms with E-state index in [1.807, 2.05) is 18.7 Å². The van der Waals surface area contributed by atoms with Crippen LogP contribution in [0.3, 0.4) is 0 Å². The molecule has 94 valence electrons. The molecule has 0 aliphatic carbocycles. The van der Waals surface area contributed by atoms with Gasteiger partial charge in [0.05, 0.1) is 6.10 Å². The standard InChI is InChI=1S/C14H21NOS/c1-11(16)8-9-15-13-6-4-10-17-14-7-3-2-5-12(13)14/h2-3,5,7,11,13,15-16H,4,6,8-10H2,1H3. The second-order valence-corrected chi connectivity index (χ2v) is 5.81. The molecule has 2 rings (SSSR count). The van der Waals surface area contributed by atoms with Crippen molar-refractivity contribution < 1.29 is 5.11 Å². The van der Waals surface area contributed by atoms with E-state index in [0.717, 1.165) is 13.0 Å². The van der Waals surface area contributed by atoms with Gasteiger partial charge in [-0.3, -0.25) is 0 Å². The SMILES string of the molecule is CC(O)CCNC1CCCSc2ccccc21. The summed E-state index contributed by atoms with van der Waals surface area (Å²) < 4.78 is 0. The summed E-state index contributed by atoms with van der Waals surface area (Å²) in [7, 11) is 0. The van der Waals surface area contributed by atoms with Gasteiger partial charge in [-0.15, -0.1) is 11.8 Å². The summed E-state index contributed by atoms with van der Waals surface area (Å²) in [5, 5.41) is 12.9. The first-order chi connectivity index (χ1) is 8.27. The first-order valence-corrected chi connectivity index (χ1v) is 7.39. The molecule has 2 atom stereocenters. The molecule has 3 heteroatoms. The van der Waals surface area contributed by atoms with E-state index < -0.39 is 0 Å². The lowest BCUT2D eigenvalue weighted by atomic mass is 10.0. The van der Waals surface area contributed by atoms with E-state index in [1.54, 1.807) is 0 Å². The van der Waals surface area contributed by atoms with Crippen LogP contribution >= 0.6 is 11.8 Å². The molecule has 0 spiro atoms. The third kappa shape index (κ3) is 3.73. The Morgan fingerprint density at radius 2 is 2.29 bits per heavy atom. The molecule has 1 aromatic carbocycles. The maximum absolute atomic E-state index is 9.29. The first-order valence-electron chi connectivity index (χ1n) is 6.40. The van der Waals surface area contributed by atoms with Crippen molar-refractivity contribution >= 4 is 11.8 Å². The molecule has 1 heterocycles. The Labute approximate surface area is 108 Å². The van der Waals surface area contributed by atoms with E-state index in [0.29, 0.717) is 6.04 Å². The summed E-state index contributed by atoms with van der Waals surface area (Å²) in [5.74, 6) is 1.21. The number of fused-ring (bicyclic) bond motifs is 1. The summed E-state index contributed by atoms with van der Waals surface area (Å²) in [4.78, 5) is 1.42. The summed E-state index contributed by atoms with van der Waals surface area (Å²) >= 11 is 1.96. The monoisotopic (exact) mass is 251 g/mol. The van der Waals surface area contributed by atoms with E-state index in [2.05, 4.69) is 29.6 Å². The molecule has 1 aliphatic rings. The van der Waals surface area contributed by atoms with Crippen LogP contribution < -0.4 is 5.32 Å². The number of aliphatic hydroxyl groups is 1. The van der Waals surface area contributed by atoms with Crippen molar-refractivity contribution in [3.05, 3.63) is 29.8 Å². The first kappa shape index (κ1) is 12.9. The summed E-state index contributed by atoms with van der Waals surface area (Å²) in [6, 6.07) is 9.14. The normalized spacial score (nSPS) is 21.6. The largest absolute Gasteiger partial charge is 0.393 e. The average molecular weight is 251 g/mol. The van der Waals surface area contributed by atoms with Gasteiger partial charge in [-0.25, -0.2) is 0 Å². The van der Waals surface area contributed by atoms with Crippen molar-refractivity contribution in [2.24, 2.45) is 0 Å². The Bertz CT molecular complexity index is 354. The number of aliphatic hydroxyl groups excluding tert-OH is 1. The molecule has 0 fully saturated rings. The highest BCUT2D eigenvalue weighted by Gasteiger charge is 2.17. The molecular weight excluding hydrogens is 230 g/mol. The van der Waals surface area contributed by atoms with Gasteiger partial charge in [0.2, 0.25) is 0 Å². The van der Waals surface area contributed by atoms with Gasteiger partial charge in [0.25, 0.3) is 0 Å². The van der Waals surface area contributed by atoms with Crippen molar-refractivity contribution in [3.8, 4) is 0 Å². The van der Waals surface area contributed by atoms with E-state index >= 15 is 0 Å². The summed E-state index contributed by atoms with van der Waals surface area (Å²) in [6.45, 7) is 2.74. The predicted octanol–water partition coefficient (Wildman–Crippen LogP) is 2.97. The minimum atomic E-state index is -0.210. The lowest BCUT2D eigenvalue weighted by Crippen LogP contribution is -2.24. The van der Waals surface area contributed by atoms with Crippen LogP contribution in [0.25, 0.3) is 0 Å². The van der Waals surface area contributed by atoms with Crippen molar-refractivity contribution in [3.63, 3.8) is 0 Å². The molecule has 0 aromatic heterocycles. The second-order valence-electron chi connectivity index (χ2n) is 4.67. The van der Waals surface area contributed by atoms with Gasteiger partial charge in [-0.2, -0.15) is 0 Å². The van der Waals surface area contributed by atoms with Crippen LogP contribution in [-0.2, 0) is 0 Å². The van der Waals surface area contributed by atoms with E-state index in [9.17, 15) is 5.11 Å². The molecule has 0 radical (unpaired) electrons. The highest BCUT2D eigenvalue weighted by atomic mass is 32.2. The second kappa shape index (κ2) is 6.43. The maximum atomic E-state index is 9.29. The van der Waals surface area contributed by atoms with Crippen LogP contribution in [0.15, 0.2) is 29.2 Å². The Balaban J connectivity index is 2.01. The third-order valence-corrected chi connectivity index (χ3v) is 4.32. The average Bonchev–Trinajstić information content (AvgIpc) is 2.52. The Morgan fingerprint density at radius 1 is 1.47 bits per heavy atom. The molecule has 0 saturated heterocycles. The lowest BCUT2D eigenvalue weighted by Gasteiger charge is -2.19. The van der Waals surface area contributed by atoms with Crippen molar-refractivity contribution in [2.75, 3.05) is 12.3 Å². The van der Waals surface area contributed by atoms with E-state index in [4.69, 9.17) is 0 Å². The molecule has 2 nitrogen and oxygen atoms in total. The Hall–Kier alpha value is -0.510. The van der Waals surface area contributed by atoms with Gasteiger partial charge in [0, 0.05) is 10.9 Å². The van der Waals surface area contributed by atoms with Crippen molar-refractivity contribution in [2.45, 2.75) is 43.2 Å². The van der Waals surface area contributed by atoms with Gasteiger partial charge in [-0.05, 0) is 50.1 Å². The molecule has 1 aromatic rings. The van der Waals surface area contributed by atoms with Crippen LogP contribution in [-0.4, -0.2) is 23.5 Å². The van der Waals surface area contributed by atoms with Crippen molar-refractivity contribution in [1.82, 2.24) is 5.32 Å². The zero-order valence-corrected chi connectivity index (χ0v) is 11.2. The van der Waals surface area contributed by atoms with Crippen molar-refractivity contribution in [1.29, 1.82) is 0 Å². The maximum Gasteiger partial charge on any atom is 0.0524 e. The molecule has 0 amide bonds. The fraction of sp³-hybridized carbons (Fsp3) is 0.571. The smallest absolute Gasteiger partial charge is 0.0524 e. The minimum Gasteiger partial charge on any atom is -0.393 e. The fourth-order valence-electron chi connectivity index (χ4n) is 2.20. The van der Waals surface area contributed by atoms with Crippen LogP contribution in [0.1, 0.15) is 37.8 Å². The molecule has 17 heavy (non-hydrogen) atoms. The molecule has 0 bridgehead atoms. The third-order valence-electron chi connectivity index (χ3n) is 3.14. The molecular formula is C14H21NOS. The van der Waals surface area contributed by atoms with Crippen LogP contribution in [0.4, 0.5) is 0 Å². The van der Waals surface area contributed by atoms with Crippen LogP contribution in [0.5, 0.6) is 0 Å². The Kier molecular flexibility index (Phi) is 4.89. The number of rotatable bonds is 4. The van der Waals surface area contributed by atoms with Crippen LogP contribution in [0.2, 0.25) is 0 Å². The quantitative estimate of drug-likeness (QED) is 0.863. The van der Waals surface area contributed by atoms with Gasteiger partial charge >= 0.3 is 0 Å².